The normalized spacial score (nSPS) is 25.6. The molecule has 1 spiro atoms. The molecular formula is C15H26N2O2S. The third-order valence-corrected chi connectivity index (χ3v) is 5.40. The number of carbonyl (C=O) groups is 2. The highest BCUT2D eigenvalue weighted by atomic mass is 32.2. The molecule has 20 heavy (non-hydrogen) atoms. The number of hydrogen-bond acceptors (Lipinski definition) is 3. The number of carbonyl (C=O) groups excluding carboxylic acids is 2. The van der Waals surface area contributed by atoms with E-state index in [4.69, 9.17) is 0 Å². The third kappa shape index (κ3) is 2.69. The maximum absolute atomic E-state index is 12.8. The Balaban J connectivity index is 2.21. The van der Waals surface area contributed by atoms with Gasteiger partial charge in [0.25, 0.3) is 0 Å². The van der Waals surface area contributed by atoms with Crippen LogP contribution in [0.3, 0.4) is 0 Å². The molecular weight excluding hydrogens is 272 g/mol. The van der Waals surface area contributed by atoms with Crippen molar-refractivity contribution in [3.8, 4) is 0 Å². The molecule has 0 radical (unpaired) electrons. The van der Waals surface area contributed by atoms with Gasteiger partial charge in [-0.05, 0) is 24.5 Å². The quantitative estimate of drug-likeness (QED) is 0.790. The van der Waals surface area contributed by atoms with E-state index >= 15 is 0 Å². The lowest BCUT2D eigenvalue weighted by Crippen LogP contribution is -2.71. The van der Waals surface area contributed by atoms with Crippen LogP contribution in [-0.2, 0) is 9.59 Å². The van der Waals surface area contributed by atoms with Gasteiger partial charge in [-0.3, -0.25) is 9.59 Å². The Morgan fingerprint density at radius 3 is 2.55 bits per heavy atom. The monoisotopic (exact) mass is 298 g/mol. The first-order chi connectivity index (χ1) is 9.53. The van der Waals surface area contributed by atoms with Crippen LogP contribution in [0.2, 0.25) is 0 Å². The van der Waals surface area contributed by atoms with Crippen molar-refractivity contribution in [2.24, 2.45) is 5.92 Å². The van der Waals surface area contributed by atoms with Crippen LogP contribution in [-0.4, -0.2) is 46.3 Å². The molecule has 1 saturated heterocycles. The van der Waals surface area contributed by atoms with Gasteiger partial charge in [-0.1, -0.05) is 33.6 Å². The summed E-state index contributed by atoms with van der Waals surface area (Å²) in [6, 6.07) is -0.347. The molecule has 2 amide bonds. The van der Waals surface area contributed by atoms with Crippen LogP contribution in [0.15, 0.2) is 0 Å². The standard InChI is InChI=1S/C15H26N2O2S/c1-4-20-10-9-17-13(18)12(11(2)3)16-14(19)15(17)7-5-6-8-15/h11-12H,4-10H2,1-3H3,(H,16,19). The summed E-state index contributed by atoms with van der Waals surface area (Å²) in [5.41, 5.74) is -0.545. The van der Waals surface area contributed by atoms with Crippen LogP contribution in [0.1, 0.15) is 46.5 Å². The van der Waals surface area contributed by atoms with E-state index in [2.05, 4.69) is 12.2 Å². The Kier molecular flexibility index (Phi) is 4.99. The lowest BCUT2D eigenvalue weighted by Gasteiger charge is -2.47. The fourth-order valence-electron chi connectivity index (χ4n) is 3.37. The largest absolute Gasteiger partial charge is 0.342 e. The summed E-state index contributed by atoms with van der Waals surface area (Å²) >= 11 is 1.83. The summed E-state index contributed by atoms with van der Waals surface area (Å²) in [7, 11) is 0. The molecule has 0 aromatic rings. The highest BCUT2D eigenvalue weighted by molar-refractivity contribution is 7.99. The van der Waals surface area contributed by atoms with E-state index in [1.54, 1.807) is 0 Å². The molecule has 1 unspecified atom stereocenters. The number of hydrogen-bond donors (Lipinski definition) is 1. The predicted octanol–water partition coefficient (Wildman–Crippen LogP) is 2.04. The molecule has 2 fully saturated rings. The second-order valence-electron chi connectivity index (χ2n) is 6.12. The lowest BCUT2D eigenvalue weighted by molar-refractivity contribution is -0.158. The minimum Gasteiger partial charge on any atom is -0.342 e. The Hall–Kier alpha value is -0.710. The summed E-state index contributed by atoms with van der Waals surface area (Å²) in [5.74, 6) is 2.32. The van der Waals surface area contributed by atoms with E-state index in [0.717, 1.165) is 37.2 Å². The maximum Gasteiger partial charge on any atom is 0.246 e. The summed E-state index contributed by atoms with van der Waals surface area (Å²) < 4.78 is 0. The van der Waals surface area contributed by atoms with Crippen molar-refractivity contribution in [1.82, 2.24) is 10.2 Å². The number of nitrogens with zero attached hydrogens (tertiary/aromatic N) is 1. The zero-order valence-electron chi connectivity index (χ0n) is 12.8. The molecule has 5 heteroatoms. The SMILES string of the molecule is CCSCCN1C(=O)C(C(C)C)NC(=O)C12CCCC2. The molecule has 1 heterocycles. The second-order valence-corrected chi connectivity index (χ2v) is 7.51. The molecule has 114 valence electrons. The molecule has 2 rings (SSSR count). The molecule has 4 nitrogen and oxygen atoms in total. The van der Waals surface area contributed by atoms with E-state index in [-0.39, 0.29) is 23.8 Å². The van der Waals surface area contributed by atoms with Crippen molar-refractivity contribution >= 4 is 23.6 Å². The van der Waals surface area contributed by atoms with Crippen molar-refractivity contribution in [2.75, 3.05) is 18.1 Å². The summed E-state index contributed by atoms with van der Waals surface area (Å²) in [4.78, 5) is 27.3. The van der Waals surface area contributed by atoms with E-state index < -0.39 is 5.54 Å². The van der Waals surface area contributed by atoms with Gasteiger partial charge in [0.1, 0.15) is 11.6 Å². The predicted molar refractivity (Wildman–Crippen MR) is 82.7 cm³/mol. The van der Waals surface area contributed by atoms with Gasteiger partial charge in [0.2, 0.25) is 11.8 Å². The molecule has 0 bridgehead atoms. The average molecular weight is 298 g/mol. The van der Waals surface area contributed by atoms with Gasteiger partial charge in [0, 0.05) is 12.3 Å². The lowest BCUT2D eigenvalue weighted by atomic mass is 9.87. The Bertz CT molecular complexity index is 378. The number of rotatable bonds is 5. The van der Waals surface area contributed by atoms with Crippen LogP contribution in [0.4, 0.5) is 0 Å². The van der Waals surface area contributed by atoms with Crippen molar-refractivity contribution in [1.29, 1.82) is 0 Å². The van der Waals surface area contributed by atoms with Gasteiger partial charge in [0.05, 0.1) is 0 Å². The highest BCUT2D eigenvalue weighted by Crippen LogP contribution is 2.38. The minimum absolute atomic E-state index is 0.0785. The van der Waals surface area contributed by atoms with Crippen molar-refractivity contribution < 1.29 is 9.59 Å². The van der Waals surface area contributed by atoms with Gasteiger partial charge < -0.3 is 10.2 Å². The fourth-order valence-corrected chi connectivity index (χ4v) is 3.97. The fraction of sp³-hybridized carbons (Fsp3) is 0.867. The van der Waals surface area contributed by atoms with Crippen LogP contribution in [0.5, 0.6) is 0 Å². The summed E-state index contributed by atoms with van der Waals surface area (Å²) in [6.45, 7) is 6.81. The Morgan fingerprint density at radius 2 is 2.00 bits per heavy atom. The smallest absolute Gasteiger partial charge is 0.246 e. The maximum atomic E-state index is 12.8. The molecule has 1 atom stereocenters. The molecule has 1 aliphatic heterocycles. The number of thioether (sulfide) groups is 1. The van der Waals surface area contributed by atoms with Crippen molar-refractivity contribution in [3.05, 3.63) is 0 Å². The molecule has 2 aliphatic rings. The first-order valence-electron chi connectivity index (χ1n) is 7.73. The molecule has 1 aliphatic carbocycles. The van der Waals surface area contributed by atoms with Gasteiger partial charge >= 0.3 is 0 Å². The topological polar surface area (TPSA) is 49.4 Å². The van der Waals surface area contributed by atoms with Crippen molar-refractivity contribution in [2.45, 2.75) is 58.0 Å². The molecule has 0 aromatic heterocycles. The Labute approximate surface area is 126 Å². The zero-order valence-corrected chi connectivity index (χ0v) is 13.6. The number of piperazine rings is 1. The van der Waals surface area contributed by atoms with Crippen LogP contribution in [0.25, 0.3) is 0 Å². The zero-order chi connectivity index (χ0) is 14.8. The van der Waals surface area contributed by atoms with E-state index in [0.29, 0.717) is 6.54 Å². The summed E-state index contributed by atoms with van der Waals surface area (Å²) in [6.07, 6.45) is 3.74. The minimum atomic E-state index is -0.545. The van der Waals surface area contributed by atoms with E-state index in [9.17, 15) is 9.59 Å². The molecule has 1 N–H and O–H groups in total. The second kappa shape index (κ2) is 6.37. The van der Waals surface area contributed by atoms with Crippen molar-refractivity contribution in [3.63, 3.8) is 0 Å². The summed E-state index contributed by atoms with van der Waals surface area (Å²) in [5, 5.41) is 2.98. The van der Waals surface area contributed by atoms with Crippen LogP contribution >= 0.6 is 11.8 Å². The number of amides is 2. The average Bonchev–Trinajstić information content (AvgIpc) is 2.88. The first kappa shape index (κ1) is 15.7. The van der Waals surface area contributed by atoms with Crippen LogP contribution in [0, 0.1) is 5.92 Å². The van der Waals surface area contributed by atoms with E-state index in [1.165, 1.54) is 0 Å². The van der Waals surface area contributed by atoms with Crippen LogP contribution < -0.4 is 5.32 Å². The van der Waals surface area contributed by atoms with E-state index in [1.807, 2.05) is 30.5 Å². The first-order valence-corrected chi connectivity index (χ1v) is 8.88. The molecule has 1 saturated carbocycles. The number of nitrogens with one attached hydrogen (secondary N) is 1. The highest BCUT2D eigenvalue weighted by Gasteiger charge is 2.53. The van der Waals surface area contributed by atoms with Gasteiger partial charge in [-0.15, -0.1) is 0 Å². The third-order valence-electron chi connectivity index (χ3n) is 4.52. The Morgan fingerprint density at radius 1 is 1.35 bits per heavy atom. The van der Waals surface area contributed by atoms with Gasteiger partial charge in [-0.25, -0.2) is 0 Å². The van der Waals surface area contributed by atoms with Gasteiger partial charge in [-0.2, -0.15) is 11.8 Å². The molecule has 0 aromatic carbocycles. The van der Waals surface area contributed by atoms with Gasteiger partial charge in [0.15, 0.2) is 0 Å².